The Morgan fingerprint density at radius 1 is 1.53 bits per heavy atom. The molecule has 4 nitrogen and oxygen atoms in total. The Hall–Kier alpha value is -1.81. The van der Waals surface area contributed by atoms with E-state index < -0.39 is 5.97 Å². The molecule has 1 aromatic carbocycles. The van der Waals surface area contributed by atoms with E-state index >= 15 is 0 Å². The van der Waals surface area contributed by atoms with Crippen LogP contribution < -0.4 is 5.43 Å². The molecular weight excluding hydrogens is 240 g/mol. The van der Waals surface area contributed by atoms with E-state index in [-0.39, 0.29) is 5.71 Å². The maximum atomic E-state index is 10.4. The van der Waals surface area contributed by atoms with Gasteiger partial charge in [0, 0.05) is 5.02 Å². The normalized spacial score (nSPS) is 11.8. The lowest BCUT2D eigenvalue weighted by atomic mass is 10.2. The van der Waals surface area contributed by atoms with Crippen molar-refractivity contribution >= 4 is 29.4 Å². The molecule has 0 aliphatic heterocycles. The lowest BCUT2D eigenvalue weighted by Crippen LogP contribution is -2.15. The maximum absolute atomic E-state index is 10.4. The van der Waals surface area contributed by atoms with E-state index in [0.29, 0.717) is 11.6 Å². The van der Waals surface area contributed by atoms with Gasteiger partial charge in [-0.3, -0.25) is 0 Å². The zero-order valence-corrected chi connectivity index (χ0v) is 10.1. The standard InChI is InChI=1S/C12H13ClN2O2/c1-9(12(16)17)15-14-8-4-6-10-5-2-3-7-11(10)13/h2-7,14H,8H2,1H3,(H,16,17). The molecule has 0 aliphatic rings. The number of hydrogen-bond acceptors (Lipinski definition) is 3. The van der Waals surface area contributed by atoms with Gasteiger partial charge in [0.25, 0.3) is 0 Å². The lowest BCUT2D eigenvalue weighted by molar-refractivity contribution is -0.129. The van der Waals surface area contributed by atoms with Gasteiger partial charge in [-0.2, -0.15) is 5.10 Å². The van der Waals surface area contributed by atoms with E-state index in [1.807, 2.05) is 30.4 Å². The third kappa shape index (κ3) is 4.70. The van der Waals surface area contributed by atoms with Crippen LogP contribution in [-0.2, 0) is 4.79 Å². The van der Waals surface area contributed by atoms with Gasteiger partial charge in [0.2, 0.25) is 0 Å². The highest BCUT2D eigenvalue weighted by molar-refractivity contribution is 6.34. The fourth-order valence-electron chi connectivity index (χ4n) is 1.06. The van der Waals surface area contributed by atoms with Gasteiger partial charge < -0.3 is 10.5 Å². The predicted molar refractivity (Wildman–Crippen MR) is 69.2 cm³/mol. The molecule has 0 fully saturated rings. The smallest absolute Gasteiger partial charge is 0.351 e. The summed E-state index contributed by atoms with van der Waals surface area (Å²) < 4.78 is 0. The number of carbonyl (C=O) groups is 1. The lowest BCUT2D eigenvalue weighted by Gasteiger charge is -1.98. The van der Waals surface area contributed by atoms with Gasteiger partial charge in [0.1, 0.15) is 5.71 Å². The number of carboxylic acid groups (broad SMARTS) is 1. The maximum Gasteiger partial charge on any atom is 0.351 e. The molecule has 0 saturated heterocycles. The van der Waals surface area contributed by atoms with Gasteiger partial charge in [-0.05, 0) is 18.6 Å². The molecule has 17 heavy (non-hydrogen) atoms. The van der Waals surface area contributed by atoms with Crippen molar-refractivity contribution in [1.82, 2.24) is 5.43 Å². The number of benzene rings is 1. The van der Waals surface area contributed by atoms with Gasteiger partial charge in [0.15, 0.2) is 0 Å². The summed E-state index contributed by atoms with van der Waals surface area (Å²) in [5.74, 6) is -1.03. The van der Waals surface area contributed by atoms with E-state index in [1.54, 1.807) is 6.07 Å². The van der Waals surface area contributed by atoms with Gasteiger partial charge in [-0.25, -0.2) is 4.79 Å². The third-order valence-electron chi connectivity index (χ3n) is 1.97. The molecule has 0 aromatic heterocycles. The number of hydrazone groups is 1. The van der Waals surface area contributed by atoms with Gasteiger partial charge in [-0.15, -0.1) is 0 Å². The Morgan fingerprint density at radius 2 is 2.24 bits per heavy atom. The molecule has 90 valence electrons. The van der Waals surface area contributed by atoms with Crippen molar-refractivity contribution in [3.05, 3.63) is 40.9 Å². The topological polar surface area (TPSA) is 61.7 Å². The molecule has 1 rings (SSSR count). The van der Waals surface area contributed by atoms with Crippen LogP contribution in [0.3, 0.4) is 0 Å². The van der Waals surface area contributed by atoms with Gasteiger partial charge >= 0.3 is 5.97 Å². The molecular formula is C12H13ClN2O2. The molecule has 1 aromatic rings. The van der Waals surface area contributed by atoms with Crippen LogP contribution in [0.2, 0.25) is 5.02 Å². The quantitative estimate of drug-likeness (QED) is 0.481. The van der Waals surface area contributed by atoms with E-state index in [0.717, 1.165) is 5.56 Å². The van der Waals surface area contributed by atoms with E-state index in [1.165, 1.54) is 6.92 Å². The van der Waals surface area contributed by atoms with Crippen LogP contribution in [0.15, 0.2) is 35.4 Å². The van der Waals surface area contributed by atoms with E-state index in [4.69, 9.17) is 16.7 Å². The SMILES string of the molecule is CC(=NNCC=Cc1ccccc1Cl)C(=O)O. The number of hydrogen-bond donors (Lipinski definition) is 2. The van der Waals surface area contributed by atoms with Crippen LogP contribution >= 0.6 is 11.6 Å². The molecule has 0 radical (unpaired) electrons. The molecule has 0 aliphatic carbocycles. The fraction of sp³-hybridized carbons (Fsp3) is 0.167. The minimum atomic E-state index is -1.03. The zero-order chi connectivity index (χ0) is 12.7. The third-order valence-corrected chi connectivity index (χ3v) is 2.31. The number of aliphatic carboxylic acids is 1. The van der Waals surface area contributed by atoms with Crippen molar-refractivity contribution in [2.24, 2.45) is 5.10 Å². The van der Waals surface area contributed by atoms with Gasteiger partial charge in [0.05, 0.1) is 6.54 Å². The monoisotopic (exact) mass is 252 g/mol. The Bertz CT molecular complexity index is 456. The van der Waals surface area contributed by atoms with Crippen LogP contribution in [0.5, 0.6) is 0 Å². The van der Waals surface area contributed by atoms with Crippen LogP contribution in [0.25, 0.3) is 6.08 Å². The van der Waals surface area contributed by atoms with Crippen LogP contribution in [0.4, 0.5) is 0 Å². The summed E-state index contributed by atoms with van der Waals surface area (Å²) in [6.45, 7) is 1.86. The van der Waals surface area contributed by atoms with Crippen molar-refractivity contribution in [3.63, 3.8) is 0 Å². The highest BCUT2D eigenvalue weighted by atomic mass is 35.5. The summed E-state index contributed by atoms with van der Waals surface area (Å²) in [5.41, 5.74) is 3.57. The molecule has 0 spiro atoms. The second kappa shape index (κ2) is 6.70. The van der Waals surface area contributed by atoms with Crippen LogP contribution in [0, 0.1) is 0 Å². The zero-order valence-electron chi connectivity index (χ0n) is 9.35. The highest BCUT2D eigenvalue weighted by Gasteiger charge is 1.99. The summed E-state index contributed by atoms with van der Waals surface area (Å²) in [5, 5.41) is 12.9. The molecule has 5 heteroatoms. The minimum absolute atomic E-state index is 0.0242. The van der Waals surface area contributed by atoms with Crippen molar-refractivity contribution in [2.75, 3.05) is 6.54 Å². The van der Waals surface area contributed by atoms with Crippen molar-refractivity contribution < 1.29 is 9.90 Å². The average Bonchev–Trinajstić information content (AvgIpc) is 2.30. The second-order valence-corrected chi connectivity index (χ2v) is 3.70. The molecule has 0 bridgehead atoms. The second-order valence-electron chi connectivity index (χ2n) is 3.29. The number of rotatable bonds is 5. The number of nitrogens with one attached hydrogen (secondary N) is 1. The van der Waals surface area contributed by atoms with Crippen molar-refractivity contribution in [1.29, 1.82) is 0 Å². The number of nitrogens with zero attached hydrogens (tertiary/aromatic N) is 1. The first-order chi connectivity index (χ1) is 8.11. The fourth-order valence-corrected chi connectivity index (χ4v) is 1.26. The number of halogens is 1. The first kappa shape index (κ1) is 13.3. The van der Waals surface area contributed by atoms with Gasteiger partial charge in [-0.1, -0.05) is 42.0 Å². The Labute approximate surface area is 105 Å². The predicted octanol–water partition coefficient (Wildman–Crippen LogP) is 2.40. The van der Waals surface area contributed by atoms with E-state index in [2.05, 4.69) is 10.5 Å². The highest BCUT2D eigenvalue weighted by Crippen LogP contribution is 2.15. The summed E-state index contributed by atoms with van der Waals surface area (Å²) in [7, 11) is 0. The molecule has 0 amide bonds. The average molecular weight is 253 g/mol. The molecule has 2 N–H and O–H groups in total. The number of carboxylic acids is 1. The molecule has 0 atom stereocenters. The molecule has 0 unspecified atom stereocenters. The Morgan fingerprint density at radius 3 is 2.88 bits per heavy atom. The largest absolute Gasteiger partial charge is 0.477 e. The Balaban J connectivity index is 2.45. The summed E-state index contributed by atoms with van der Waals surface area (Å²) >= 11 is 5.95. The molecule has 0 heterocycles. The summed E-state index contributed by atoms with van der Waals surface area (Å²) in [6.07, 6.45) is 3.67. The Kier molecular flexibility index (Phi) is 5.23. The minimum Gasteiger partial charge on any atom is -0.477 e. The van der Waals surface area contributed by atoms with E-state index in [9.17, 15) is 4.79 Å². The van der Waals surface area contributed by atoms with Crippen LogP contribution in [0.1, 0.15) is 12.5 Å². The molecule has 0 saturated carbocycles. The first-order valence-electron chi connectivity index (χ1n) is 5.03. The van der Waals surface area contributed by atoms with Crippen molar-refractivity contribution in [3.8, 4) is 0 Å². The van der Waals surface area contributed by atoms with Crippen molar-refractivity contribution in [2.45, 2.75) is 6.92 Å². The summed E-state index contributed by atoms with van der Waals surface area (Å²) in [6, 6.07) is 7.45. The van der Waals surface area contributed by atoms with Crippen LogP contribution in [-0.4, -0.2) is 23.3 Å². The first-order valence-corrected chi connectivity index (χ1v) is 5.40. The summed E-state index contributed by atoms with van der Waals surface area (Å²) in [4.78, 5) is 10.4.